The van der Waals surface area contributed by atoms with Crippen LogP contribution in [0.2, 0.25) is 0 Å². The monoisotopic (exact) mass is 648 g/mol. The number of nitrogens with zero attached hydrogens (tertiary/aromatic N) is 3. The molecule has 0 atom stereocenters. The molecule has 1 amide bonds. The molecule has 42 heavy (non-hydrogen) atoms. The van der Waals surface area contributed by atoms with Crippen molar-refractivity contribution in [2.45, 2.75) is 56.6 Å². The number of nitrogens with one attached hydrogen (secondary N) is 1. The second-order valence-electron chi connectivity index (χ2n) is 8.08. The number of hydrogen-bond acceptors (Lipinski definition) is 8. The number of pyridine rings is 1. The smallest absolute Gasteiger partial charge is 0.449 e. The lowest BCUT2D eigenvalue weighted by atomic mass is 10.2. The zero-order chi connectivity index (χ0) is 32.0. The summed E-state index contributed by atoms with van der Waals surface area (Å²) in [5.74, 6) is 0. The lowest BCUT2D eigenvalue weighted by Crippen LogP contribution is -2.37. The van der Waals surface area contributed by atoms with Crippen molar-refractivity contribution in [1.82, 2.24) is 0 Å². The number of anilines is 1. The molecule has 2 aromatic rings. The highest BCUT2D eigenvalue weighted by Gasteiger charge is 2.46. The maximum absolute atomic E-state index is 11.7. The Balaban J connectivity index is 0.000000501. The lowest BCUT2D eigenvalue weighted by molar-refractivity contribution is -0.704. The van der Waals surface area contributed by atoms with Gasteiger partial charge in [0.1, 0.15) is 6.54 Å². The summed E-state index contributed by atoms with van der Waals surface area (Å²) in [6.45, 7) is 3.59. The maximum atomic E-state index is 11.7. The largest absolute Gasteiger partial charge is 0.480 e. The molecular weight excluding hydrogens is 622 g/mol. The van der Waals surface area contributed by atoms with Crippen LogP contribution in [0.25, 0.3) is 4.13 Å². The summed E-state index contributed by atoms with van der Waals surface area (Å²) in [6.07, 6.45) is 8.26. The lowest BCUT2D eigenvalue weighted by Gasteiger charge is -2.22. The molecule has 1 aromatic carbocycles. The number of aryl methyl sites for hydroxylation is 2. The van der Waals surface area contributed by atoms with E-state index in [-0.39, 0.29) is 0 Å². The predicted octanol–water partition coefficient (Wildman–Crippen LogP) is 5.37. The molecule has 0 bridgehead atoms. The van der Waals surface area contributed by atoms with Crippen molar-refractivity contribution in [1.29, 1.82) is 0 Å². The fraction of sp³-hybridized carbons (Fsp3) is 0.435. The SMILES string of the molecule is CCc1cccc[n+]1CCCCCCOC(=O)Nc1ccc(N=C=O)cc1.O=S(=O)([N-]S(=O)(=O)C(F)(F)F)C(F)(F)F. The van der Waals surface area contributed by atoms with Crippen molar-refractivity contribution in [3.05, 3.63) is 58.5 Å². The zero-order valence-electron chi connectivity index (χ0n) is 21.9. The Morgan fingerprint density at radius 2 is 1.50 bits per heavy atom. The Morgan fingerprint density at radius 3 is 2.02 bits per heavy atom. The molecule has 0 aliphatic carbocycles. The van der Waals surface area contributed by atoms with Crippen LogP contribution in [0, 0.1) is 0 Å². The summed E-state index contributed by atoms with van der Waals surface area (Å²) < 4.78 is 117. The van der Waals surface area contributed by atoms with Gasteiger partial charge in [-0.2, -0.15) is 31.3 Å². The molecule has 0 radical (unpaired) electrons. The standard InChI is InChI=1S/C21H25N3O3.C2F6NO4S2/c1-2-20-9-5-7-15-24(20)14-6-3-4-8-16-27-21(26)23-19-12-10-18(11-13-19)22-17-25;3-1(4,5)14(10,11)9-15(12,13)2(6,7)8/h5,7,9-13,15H,2-4,6,8,14,16H2,1H3;/q;-1/p+1. The Kier molecular flexibility index (Phi) is 14.1. The first-order chi connectivity index (χ1) is 19.4. The minimum atomic E-state index is -6.72. The fourth-order valence-electron chi connectivity index (χ4n) is 2.99. The van der Waals surface area contributed by atoms with Gasteiger partial charge in [-0.1, -0.05) is 13.0 Å². The molecule has 0 aliphatic rings. The minimum Gasteiger partial charge on any atom is -0.449 e. The number of carbonyl (C=O) groups excluding carboxylic acids is 2. The van der Waals surface area contributed by atoms with E-state index in [1.54, 1.807) is 24.3 Å². The highest BCUT2D eigenvalue weighted by atomic mass is 32.3. The summed E-state index contributed by atoms with van der Waals surface area (Å²) in [7, 11) is -13.4. The van der Waals surface area contributed by atoms with Crippen molar-refractivity contribution in [2.75, 3.05) is 11.9 Å². The van der Waals surface area contributed by atoms with Gasteiger partial charge in [0.25, 0.3) is 0 Å². The number of hydrogen-bond donors (Lipinski definition) is 1. The van der Waals surface area contributed by atoms with E-state index in [2.05, 4.69) is 46.2 Å². The number of unbranched alkanes of at least 4 members (excludes halogenated alkanes) is 3. The van der Waals surface area contributed by atoms with E-state index in [0.29, 0.717) is 18.0 Å². The van der Waals surface area contributed by atoms with Crippen LogP contribution in [0.4, 0.5) is 42.5 Å². The highest BCUT2D eigenvalue weighted by molar-refractivity contribution is 8.13. The predicted molar refractivity (Wildman–Crippen MR) is 137 cm³/mol. The fourth-order valence-corrected chi connectivity index (χ4v) is 4.70. The second kappa shape index (κ2) is 16.2. The highest BCUT2D eigenvalue weighted by Crippen LogP contribution is 2.36. The number of rotatable bonds is 12. The zero-order valence-corrected chi connectivity index (χ0v) is 23.5. The van der Waals surface area contributed by atoms with E-state index in [9.17, 15) is 52.8 Å². The third-order valence-electron chi connectivity index (χ3n) is 4.99. The number of ether oxygens (including phenoxy) is 1. The Bertz CT molecular complexity index is 1380. The molecule has 2 rings (SSSR count). The minimum absolute atomic E-state index is 0.401. The van der Waals surface area contributed by atoms with Crippen LogP contribution in [0.1, 0.15) is 38.3 Å². The molecule has 0 saturated carbocycles. The molecule has 1 N–H and O–H groups in total. The van der Waals surface area contributed by atoms with E-state index >= 15 is 0 Å². The van der Waals surface area contributed by atoms with E-state index in [4.69, 9.17) is 4.74 Å². The number of aromatic nitrogens is 1. The van der Waals surface area contributed by atoms with E-state index in [1.807, 2.05) is 0 Å². The number of benzene rings is 1. The van der Waals surface area contributed by atoms with Gasteiger partial charge in [-0.3, -0.25) is 5.32 Å². The molecule has 1 aromatic heterocycles. The van der Waals surface area contributed by atoms with Gasteiger partial charge in [0.05, 0.1) is 12.3 Å². The van der Waals surface area contributed by atoms with Crippen molar-refractivity contribution < 1.29 is 62.1 Å². The van der Waals surface area contributed by atoms with Gasteiger partial charge < -0.3 is 8.86 Å². The molecule has 0 saturated heterocycles. The van der Waals surface area contributed by atoms with Crippen molar-refractivity contribution in [2.24, 2.45) is 4.99 Å². The Morgan fingerprint density at radius 1 is 0.929 bits per heavy atom. The van der Waals surface area contributed by atoms with Gasteiger partial charge in [-0.25, -0.2) is 31.0 Å². The van der Waals surface area contributed by atoms with E-state index in [0.717, 1.165) is 42.8 Å². The average Bonchev–Trinajstić information content (AvgIpc) is 2.88. The first-order valence-corrected chi connectivity index (χ1v) is 14.8. The van der Waals surface area contributed by atoms with Crippen LogP contribution < -0.4 is 9.88 Å². The summed E-state index contributed by atoms with van der Waals surface area (Å²) >= 11 is 0. The third kappa shape index (κ3) is 12.5. The number of aliphatic imine (C=N–C) groups is 1. The number of isocyanates is 1. The van der Waals surface area contributed by atoms with Crippen LogP contribution in [0.5, 0.6) is 0 Å². The maximum Gasteiger partial charge on any atom is 0.480 e. The summed E-state index contributed by atoms with van der Waals surface area (Å²) in [6, 6.07) is 12.9. The van der Waals surface area contributed by atoms with E-state index in [1.165, 1.54) is 11.8 Å². The Hall–Kier alpha value is -3.54. The molecule has 11 nitrogen and oxygen atoms in total. The van der Waals surface area contributed by atoms with Crippen LogP contribution >= 0.6 is 0 Å². The van der Waals surface area contributed by atoms with Gasteiger partial charge in [0, 0.05) is 30.7 Å². The molecular formula is C23H26F6N4O7S2. The van der Waals surface area contributed by atoms with Crippen LogP contribution in [0.15, 0.2) is 53.7 Å². The van der Waals surface area contributed by atoms with Crippen LogP contribution in [-0.4, -0.2) is 46.6 Å². The van der Waals surface area contributed by atoms with Crippen LogP contribution in [0.3, 0.4) is 0 Å². The molecule has 0 aliphatic heterocycles. The normalized spacial score (nSPS) is 12.0. The number of alkyl halides is 6. The molecule has 19 heteroatoms. The topological polar surface area (TPSA) is 154 Å². The quantitative estimate of drug-likeness (QED) is 0.107. The van der Waals surface area contributed by atoms with Crippen molar-refractivity contribution in [3.63, 3.8) is 0 Å². The summed E-state index contributed by atoms with van der Waals surface area (Å²) in [5.41, 5.74) is -9.97. The van der Waals surface area contributed by atoms with Gasteiger partial charge in [-0.05, 0) is 43.5 Å². The molecule has 0 spiro atoms. The van der Waals surface area contributed by atoms with Gasteiger partial charge in [0.15, 0.2) is 31.9 Å². The average molecular weight is 649 g/mol. The molecule has 0 fully saturated rings. The van der Waals surface area contributed by atoms with Gasteiger partial charge in [0.2, 0.25) is 6.08 Å². The Labute approximate surface area is 237 Å². The molecule has 0 unspecified atom stereocenters. The summed E-state index contributed by atoms with van der Waals surface area (Å²) in [4.78, 5) is 25.4. The summed E-state index contributed by atoms with van der Waals surface area (Å²) in [5, 5.41) is 2.64. The number of halogens is 6. The number of carbonyl (C=O) groups is 1. The van der Waals surface area contributed by atoms with Gasteiger partial charge >= 0.3 is 17.1 Å². The van der Waals surface area contributed by atoms with Gasteiger partial charge in [-0.15, -0.1) is 0 Å². The number of sulfonamides is 2. The first kappa shape index (κ1) is 36.5. The number of amides is 1. The molecule has 1 heterocycles. The third-order valence-corrected chi connectivity index (χ3v) is 7.73. The molecule has 234 valence electrons. The second-order valence-corrected chi connectivity index (χ2v) is 11.5. The van der Waals surface area contributed by atoms with Crippen molar-refractivity contribution in [3.8, 4) is 0 Å². The van der Waals surface area contributed by atoms with Crippen LogP contribution in [-0.2, 0) is 42.5 Å². The first-order valence-electron chi connectivity index (χ1n) is 11.9. The van der Waals surface area contributed by atoms with Crippen molar-refractivity contribution >= 4 is 43.6 Å². The van der Waals surface area contributed by atoms with E-state index < -0.39 is 37.2 Å².